The molecule has 1 aromatic rings. The van der Waals surface area contributed by atoms with Crippen molar-refractivity contribution in [3.05, 3.63) is 29.6 Å². The summed E-state index contributed by atoms with van der Waals surface area (Å²) in [5.74, 6) is -2.80. The molecule has 0 aliphatic carbocycles. The Hall–Kier alpha value is -1.98. The number of carboxylic acid groups (broad SMARTS) is 1. The molecule has 0 saturated heterocycles. The van der Waals surface area contributed by atoms with Crippen LogP contribution in [-0.2, 0) is 14.8 Å². The van der Waals surface area contributed by atoms with E-state index in [0.717, 1.165) is 18.2 Å². The Morgan fingerprint density at radius 2 is 2.09 bits per heavy atom. The fourth-order valence-electron chi connectivity index (χ4n) is 1.89. The zero-order chi connectivity index (χ0) is 16.9. The minimum Gasteiger partial charge on any atom is -0.481 e. The first-order valence-corrected chi connectivity index (χ1v) is 8.07. The molecule has 1 rings (SSSR count). The van der Waals surface area contributed by atoms with Gasteiger partial charge in [-0.3, -0.25) is 4.79 Å². The summed E-state index contributed by atoms with van der Waals surface area (Å²) in [7, 11) is -4.03. The lowest BCUT2D eigenvalue weighted by Gasteiger charge is -2.15. The number of hydrogen-bond acceptors (Lipinski definition) is 4. The number of aliphatic carboxylic acids is 1. The molecule has 0 saturated carbocycles. The number of nitrogens with zero attached hydrogens (tertiary/aromatic N) is 1. The number of hydrogen-bond donors (Lipinski definition) is 2. The van der Waals surface area contributed by atoms with Crippen LogP contribution in [0.3, 0.4) is 0 Å². The number of carboxylic acids is 1. The first-order chi connectivity index (χ1) is 10.2. The fraction of sp³-hybridized carbons (Fsp3) is 0.429. The normalized spacial score (nSPS) is 12.9. The fourth-order valence-corrected chi connectivity index (χ4v) is 2.98. The maximum Gasteiger partial charge on any atom is 0.307 e. The van der Waals surface area contributed by atoms with Crippen molar-refractivity contribution in [2.45, 2.75) is 25.2 Å². The minimum atomic E-state index is -4.03. The van der Waals surface area contributed by atoms with Crippen LogP contribution in [0.1, 0.15) is 25.8 Å². The summed E-state index contributed by atoms with van der Waals surface area (Å²) in [6.45, 7) is 3.39. The van der Waals surface area contributed by atoms with Gasteiger partial charge in [0, 0.05) is 6.54 Å². The molecule has 0 aliphatic heterocycles. The summed E-state index contributed by atoms with van der Waals surface area (Å²) in [5, 5.41) is 17.7. The molecule has 1 aromatic carbocycles. The van der Waals surface area contributed by atoms with E-state index in [1.165, 1.54) is 0 Å². The van der Waals surface area contributed by atoms with Crippen molar-refractivity contribution in [1.82, 2.24) is 4.72 Å². The van der Waals surface area contributed by atoms with E-state index in [0.29, 0.717) is 6.42 Å². The second-order valence-corrected chi connectivity index (χ2v) is 7.04. The standard InChI is InChI=1S/C14H17FN2O4S/c1-9(2)5-11(14(18)19)8-17-22(20,21)12-4-3-10(7-16)13(15)6-12/h3-4,6,9,11,17H,5,8H2,1-2H3,(H,18,19). The SMILES string of the molecule is CC(C)CC(CNS(=O)(=O)c1ccc(C#N)c(F)c1)C(=O)O. The Morgan fingerprint density at radius 3 is 2.55 bits per heavy atom. The maximum absolute atomic E-state index is 13.5. The molecule has 1 atom stereocenters. The summed E-state index contributed by atoms with van der Waals surface area (Å²) in [5.41, 5.74) is -0.262. The lowest BCUT2D eigenvalue weighted by Crippen LogP contribution is -2.33. The Morgan fingerprint density at radius 1 is 1.45 bits per heavy atom. The third-order valence-corrected chi connectivity index (χ3v) is 4.42. The highest BCUT2D eigenvalue weighted by molar-refractivity contribution is 7.89. The Bertz CT molecular complexity index is 695. The van der Waals surface area contributed by atoms with E-state index in [4.69, 9.17) is 10.4 Å². The Balaban J connectivity index is 2.89. The van der Waals surface area contributed by atoms with Crippen LogP contribution in [0.4, 0.5) is 4.39 Å². The van der Waals surface area contributed by atoms with E-state index in [-0.39, 0.29) is 22.9 Å². The first-order valence-electron chi connectivity index (χ1n) is 6.59. The lowest BCUT2D eigenvalue weighted by molar-refractivity contribution is -0.142. The van der Waals surface area contributed by atoms with Crippen molar-refractivity contribution < 1.29 is 22.7 Å². The zero-order valence-electron chi connectivity index (χ0n) is 12.2. The molecule has 0 aliphatic rings. The number of rotatable bonds is 7. The minimum absolute atomic E-state index is 0.0953. The van der Waals surface area contributed by atoms with Gasteiger partial charge in [0.05, 0.1) is 16.4 Å². The molecule has 2 N–H and O–H groups in total. The van der Waals surface area contributed by atoms with Crippen LogP contribution in [-0.4, -0.2) is 26.0 Å². The molecule has 120 valence electrons. The van der Waals surface area contributed by atoms with Crippen LogP contribution in [0.25, 0.3) is 0 Å². The Kier molecular flexibility index (Phi) is 6.02. The lowest BCUT2D eigenvalue weighted by atomic mass is 9.98. The van der Waals surface area contributed by atoms with E-state index >= 15 is 0 Å². The van der Waals surface area contributed by atoms with Gasteiger partial charge in [-0.05, 0) is 30.5 Å². The van der Waals surface area contributed by atoms with E-state index in [2.05, 4.69) is 4.72 Å². The highest BCUT2D eigenvalue weighted by Crippen LogP contribution is 2.16. The monoisotopic (exact) mass is 328 g/mol. The number of benzene rings is 1. The smallest absolute Gasteiger partial charge is 0.307 e. The van der Waals surface area contributed by atoms with Gasteiger partial charge in [0.1, 0.15) is 11.9 Å². The van der Waals surface area contributed by atoms with Crippen LogP contribution in [0.15, 0.2) is 23.1 Å². The predicted molar refractivity (Wildman–Crippen MR) is 76.9 cm³/mol. The molecule has 1 unspecified atom stereocenters. The molecule has 22 heavy (non-hydrogen) atoms. The number of nitriles is 1. The molecule has 6 nitrogen and oxygen atoms in total. The van der Waals surface area contributed by atoms with Crippen molar-refractivity contribution in [3.8, 4) is 6.07 Å². The van der Waals surface area contributed by atoms with Crippen LogP contribution < -0.4 is 4.72 Å². The van der Waals surface area contributed by atoms with Gasteiger partial charge in [-0.15, -0.1) is 0 Å². The molecule has 0 radical (unpaired) electrons. The van der Waals surface area contributed by atoms with Gasteiger partial charge >= 0.3 is 5.97 Å². The van der Waals surface area contributed by atoms with Crippen LogP contribution in [0, 0.1) is 29.0 Å². The van der Waals surface area contributed by atoms with Gasteiger partial charge in [-0.2, -0.15) is 5.26 Å². The van der Waals surface area contributed by atoms with Crippen LogP contribution in [0.2, 0.25) is 0 Å². The second-order valence-electron chi connectivity index (χ2n) is 5.27. The predicted octanol–water partition coefficient (Wildman–Crippen LogP) is 1.72. The number of halogens is 1. The van der Waals surface area contributed by atoms with Gasteiger partial charge < -0.3 is 5.11 Å². The summed E-state index contributed by atoms with van der Waals surface area (Å²) in [6.07, 6.45) is 0.319. The molecular weight excluding hydrogens is 311 g/mol. The molecule has 0 bridgehead atoms. The van der Waals surface area contributed by atoms with Gasteiger partial charge in [-0.25, -0.2) is 17.5 Å². The highest BCUT2D eigenvalue weighted by atomic mass is 32.2. The van der Waals surface area contributed by atoms with Crippen molar-refractivity contribution in [2.24, 2.45) is 11.8 Å². The third-order valence-electron chi connectivity index (χ3n) is 3.00. The summed E-state index contributed by atoms with van der Waals surface area (Å²) in [4.78, 5) is 10.7. The molecule has 0 spiro atoms. The molecular formula is C14H17FN2O4S. The van der Waals surface area contributed by atoms with Gasteiger partial charge in [0.25, 0.3) is 0 Å². The quantitative estimate of drug-likeness (QED) is 0.792. The average molecular weight is 328 g/mol. The maximum atomic E-state index is 13.5. The average Bonchev–Trinajstić information content (AvgIpc) is 2.42. The van der Waals surface area contributed by atoms with Crippen molar-refractivity contribution in [2.75, 3.05) is 6.54 Å². The number of nitrogens with one attached hydrogen (secondary N) is 1. The first kappa shape index (κ1) is 18.1. The molecule has 0 amide bonds. The summed E-state index contributed by atoms with van der Waals surface area (Å²) >= 11 is 0. The van der Waals surface area contributed by atoms with E-state index in [9.17, 15) is 17.6 Å². The second kappa shape index (κ2) is 7.33. The topological polar surface area (TPSA) is 107 Å². The molecule has 0 heterocycles. The van der Waals surface area contributed by atoms with Crippen LogP contribution in [0.5, 0.6) is 0 Å². The largest absolute Gasteiger partial charge is 0.481 e. The number of carbonyl (C=O) groups is 1. The molecule has 0 aromatic heterocycles. The van der Waals surface area contributed by atoms with E-state index in [1.807, 2.05) is 13.8 Å². The Labute approximate surface area is 128 Å². The van der Waals surface area contributed by atoms with Gasteiger partial charge in [0.2, 0.25) is 10.0 Å². The van der Waals surface area contributed by atoms with Crippen molar-refractivity contribution >= 4 is 16.0 Å². The van der Waals surface area contributed by atoms with Gasteiger partial charge in [0.15, 0.2) is 0 Å². The highest BCUT2D eigenvalue weighted by Gasteiger charge is 2.23. The van der Waals surface area contributed by atoms with Crippen molar-refractivity contribution in [3.63, 3.8) is 0 Å². The summed E-state index contributed by atoms with van der Waals surface area (Å²) < 4.78 is 39.7. The molecule has 0 fully saturated rings. The molecule has 8 heteroatoms. The van der Waals surface area contributed by atoms with E-state index < -0.39 is 27.7 Å². The number of sulfonamides is 1. The van der Waals surface area contributed by atoms with Crippen LogP contribution >= 0.6 is 0 Å². The zero-order valence-corrected chi connectivity index (χ0v) is 13.0. The van der Waals surface area contributed by atoms with E-state index in [1.54, 1.807) is 6.07 Å². The summed E-state index contributed by atoms with van der Waals surface area (Å²) in [6, 6.07) is 4.49. The van der Waals surface area contributed by atoms with Crippen molar-refractivity contribution in [1.29, 1.82) is 5.26 Å². The third kappa shape index (κ3) is 4.79. The van der Waals surface area contributed by atoms with Gasteiger partial charge in [-0.1, -0.05) is 13.8 Å².